The van der Waals surface area contributed by atoms with E-state index in [9.17, 15) is 0 Å². The van der Waals surface area contributed by atoms with Crippen molar-refractivity contribution in [2.45, 2.75) is 33.1 Å². The van der Waals surface area contributed by atoms with Crippen LogP contribution >= 0.6 is 11.7 Å². The number of rotatable bonds is 6. The van der Waals surface area contributed by atoms with Gasteiger partial charge < -0.3 is 5.32 Å². The topological polar surface area (TPSA) is 37.8 Å². The van der Waals surface area contributed by atoms with E-state index in [1.165, 1.54) is 23.7 Å². The third-order valence-electron chi connectivity index (χ3n) is 2.77. The summed E-state index contributed by atoms with van der Waals surface area (Å²) in [7, 11) is 0. The molecular weight excluding hydrogens is 242 g/mol. The third kappa shape index (κ3) is 3.07. The number of nitrogens with zero attached hydrogens (tertiary/aromatic N) is 2. The molecule has 18 heavy (non-hydrogen) atoms. The number of aromatic nitrogens is 2. The van der Waals surface area contributed by atoms with Gasteiger partial charge in [0, 0.05) is 12.1 Å². The maximum Gasteiger partial charge on any atom is 0.168 e. The Labute approximate surface area is 113 Å². The summed E-state index contributed by atoms with van der Waals surface area (Å²) in [6, 6.07) is 8.60. The number of aryl methyl sites for hydroxylation is 1. The molecule has 3 nitrogen and oxygen atoms in total. The van der Waals surface area contributed by atoms with E-state index in [0.717, 1.165) is 36.5 Å². The number of hydrogen-bond donors (Lipinski definition) is 1. The van der Waals surface area contributed by atoms with Crippen LogP contribution in [0.15, 0.2) is 24.3 Å². The van der Waals surface area contributed by atoms with Gasteiger partial charge in [0.15, 0.2) is 5.82 Å². The van der Waals surface area contributed by atoms with Gasteiger partial charge in [0.2, 0.25) is 0 Å². The summed E-state index contributed by atoms with van der Waals surface area (Å²) < 4.78 is 8.73. The van der Waals surface area contributed by atoms with E-state index in [1.807, 2.05) is 0 Å². The minimum Gasteiger partial charge on any atom is -0.367 e. The first kappa shape index (κ1) is 13.0. The first-order chi connectivity index (χ1) is 8.85. The molecule has 0 aliphatic carbocycles. The van der Waals surface area contributed by atoms with E-state index in [-0.39, 0.29) is 0 Å². The van der Waals surface area contributed by atoms with E-state index in [0.29, 0.717) is 0 Å². The van der Waals surface area contributed by atoms with Gasteiger partial charge in [0.25, 0.3) is 0 Å². The molecule has 0 unspecified atom stereocenters. The summed E-state index contributed by atoms with van der Waals surface area (Å²) >= 11 is 1.27. The largest absolute Gasteiger partial charge is 0.367 e. The number of hydrogen-bond acceptors (Lipinski definition) is 4. The van der Waals surface area contributed by atoms with E-state index in [1.54, 1.807) is 0 Å². The SMILES string of the molecule is CCCNc1nsnc1-c1cccc(CCC)c1. The van der Waals surface area contributed by atoms with Crippen molar-refractivity contribution < 1.29 is 0 Å². The van der Waals surface area contributed by atoms with Crippen molar-refractivity contribution in [3.05, 3.63) is 29.8 Å². The Morgan fingerprint density at radius 2 is 2.06 bits per heavy atom. The molecule has 0 aliphatic rings. The zero-order valence-electron chi connectivity index (χ0n) is 10.9. The molecule has 96 valence electrons. The minimum absolute atomic E-state index is 0.912. The van der Waals surface area contributed by atoms with Gasteiger partial charge in [-0.05, 0) is 24.5 Å². The Bertz CT molecular complexity index is 493. The van der Waals surface area contributed by atoms with Crippen LogP contribution in [0.25, 0.3) is 11.3 Å². The molecule has 1 aromatic heterocycles. The molecule has 0 bridgehead atoms. The maximum atomic E-state index is 4.41. The molecule has 0 aliphatic heterocycles. The highest BCUT2D eigenvalue weighted by molar-refractivity contribution is 6.99. The molecule has 0 saturated carbocycles. The fourth-order valence-electron chi connectivity index (χ4n) is 1.90. The van der Waals surface area contributed by atoms with Crippen LogP contribution < -0.4 is 5.32 Å². The quantitative estimate of drug-likeness (QED) is 0.854. The number of anilines is 1. The number of nitrogens with one attached hydrogen (secondary N) is 1. The predicted octanol–water partition coefficient (Wildman–Crippen LogP) is 3.98. The maximum absolute atomic E-state index is 4.41. The molecule has 0 fully saturated rings. The Balaban J connectivity index is 2.24. The van der Waals surface area contributed by atoms with Crippen LogP contribution in [0.5, 0.6) is 0 Å². The predicted molar refractivity (Wildman–Crippen MR) is 78.1 cm³/mol. The summed E-state index contributed by atoms with van der Waals surface area (Å²) in [4.78, 5) is 0. The second-order valence-electron chi connectivity index (χ2n) is 4.34. The van der Waals surface area contributed by atoms with Crippen LogP contribution in [-0.4, -0.2) is 15.3 Å². The second-order valence-corrected chi connectivity index (χ2v) is 4.87. The molecule has 0 spiro atoms. The average Bonchev–Trinajstić information content (AvgIpc) is 2.85. The lowest BCUT2D eigenvalue weighted by molar-refractivity contribution is 0.922. The standard InChI is InChI=1S/C14H19N3S/c1-3-6-11-7-5-8-12(10-11)13-14(15-9-4-2)17-18-16-13/h5,7-8,10H,3-4,6,9H2,1-2H3,(H,15,17). The van der Waals surface area contributed by atoms with Crippen molar-refractivity contribution >= 4 is 17.5 Å². The Kier molecular flexibility index (Phi) is 4.70. The van der Waals surface area contributed by atoms with Gasteiger partial charge >= 0.3 is 0 Å². The van der Waals surface area contributed by atoms with Crippen LogP contribution in [0.1, 0.15) is 32.3 Å². The van der Waals surface area contributed by atoms with Gasteiger partial charge in [-0.25, -0.2) is 0 Å². The third-order valence-corrected chi connectivity index (χ3v) is 3.30. The highest BCUT2D eigenvalue weighted by atomic mass is 32.1. The van der Waals surface area contributed by atoms with Crippen LogP contribution in [0.4, 0.5) is 5.82 Å². The van der Waals surface area contributed by atoms with Crippen molar-refractivity contribution in [3.63, 3.8) is 0 Å². The molecule has 0 atom stereocenters. The van der Waals surface area contributed by atoms with E-state index >= 15 is 0 Å². The molecule has 1 aromatic carbocycles. The van der Waals surface area contributed by atoms with E-state index in [2.05, 4.69) is 52.2 Å². The molecule has 0 saturated heterocycles. The van der Waals surface area contributed by atoms with Crippen molar-refractivity contribution in [3.8, 4) is 11.3 Å². The summed E-state index contributed by atoms with van der Waals surface area (Å²) in [6.45, 7) is 5.28. The smallest absolute Gasteiger partial charge is 0.168 e. The molecule has 0 radical (unpaired) electrons. The van der Waals surface area contributed by atoms with Crippen LogP contribution in [0, 0.1) is 0 Å². The van der Waals surface area contributed by atoms with Gasteiger partial charge in [0.05, 0.1) is 11.7 Å². The summed E-state index contributed by atoms with van der Waals surface area (Å²) in [5.41, 5.74) is 3.50. The van der Waals surface area contributed by atoms with Gasteiger partial charge in [-0.2, -0.15) is 8.75 Å². The first-order valence-electron chi connectivity index (χ1n) is 6.51. The highest BCUT2D eigenvalue weighted by Crippen LogP contribution is 2.26. The van der Waals surface area contributed by atoms with E-state index in [4.69, 9.17) is 0 Å². The number of benzene rings is 1. The molecule has 4 heteroatoms. The first-order valence-corrected chi connectivity index (χ1v) is 7.24. The molecule has 2 aromatic rings. The summed E-state index contributed by atoms with van der Waals surface area (Å²) in [5.74, 6) is 0.912. The molecule has 1 N–H and O–H groups in total. The molecular formula is C14H19N3S. The van der Waals surface area contributed by atoms with Gasteiger partial charge in [0.1, 0.15) is 5.69 Å². The van der Waals surface area contributed by atoms with Crippen molar-refractivity contribution in [2.24, 2.45) is 0 Å². The highest BCUT2D eigenvalue weighted by Gasteiger charge is 2.10. The van der Waals surface area contributed by atoms with Crippen LogP contribution in [-0.2, 0) is 6.42 Å². The zero-order valence-corrected chi connectivity index (χ0v) is 11.8. The van der Waals surface area contributed by atoms with Crippen molar-refractivity contribution in [1.82, 2.24) is 8.75 Å². The molecule has 2 rings (SSSR count). The Morgan fingerprint density at radius 3 is 2.83 bits per heavy atom. The fourth-order valence-corrected chi connectivity index (χ4v) is 2.45. The Morgan fingerprint density at radius 1 is 1.17 bits per heavy atom. The molecule has 0 amide bonds. The monoisotopic (exact) mass is 261 g/mol. The van der Waals surface area contributed by atoms with Gasteiger partial charge in [-0.1, -0.05) is 38.5 Å². The second kappa shape index (κ2) is 6.50. The fraction of sp³-hybridized carbons (Fsp3) is 0.429. The van der Waals surface area contributed by atoms with Crippen LogP contribution in [0.2, 0.25) is 0 Å². The minimum atomic E-state index is 0.912. The zero-order chi connectivity index (χ0) is 12.8. The van der Waals surface area contributed by atoms with Gasteiger partial charge in [-0.15, -0.1) is 0 Å². The lowest BCUT2D eigenvalue weighted by Gasteiger charge is -2.05. The lowest BCUT2D eigenvalue weighted by atomic mass is 10.0. The average molecular weight is 261 g/mol. The normalized spacial score (nSPS) is 10.6. The Hall–Kier alpha value is -1.42. The van der Waals surface area contributed by atoms with Crippen molar-refractivity contribution in [2.75, 3.05) is 11.9 Å². The van der Waals surface area contributed by atoms with Crippen molar-refractivity contribution in [1.29, 1.82) is 0 Å². The van der Waals surface area contributed by atoms with Gasteiger partial charge in [-0.3, -0.25) is 0 Å². The lowest BCUT2D eigenvalue weighted by Crippen LogP contribution is -2.01. The summed E-state index contributed by atoms with van der Waals surface area (Å²) in [5, 5.41) is 3.33. The van der Waals surface area contributed by atoms with Crippen LogP contribution in [0.3, 0.4) is 0 Å². The van der Waals surface area contributed by atoms with E-state index < -0.39 is 0 Å². The molecule has 1 heterocycles. The summed E-state index contributed by atoms with van der Waals surface area (Å²) in [6.07, 6.45) is 3.37.